The Morgan fingerprint density at radius 1 is 1.37 bits per heavy atom. The van der Waals surface area contributed by atoms with Gasteiger partial charge in [-0.25, -0.2) is 4.79 Å². The summed E-state index contributed by atoms with van der Waals surface area (Å²) in [6.07, 6.45) is 0.739. The zero-order chi connectivity index (χ0) is 20.1. The van der Waals surface area contributed by atoms with Crippen LogP contribution in [0.5, 0.6) is 5.75 Å². The molecule has 0 aliphatic carbocycles. The molecule has 2 rings (SSSR count). The molecule has 0 fully saturated rings. The van der Waals surface area contributed by atoms with Gasteiger partial charge in [-0.1, -0.05) is 25.5 Å². The summed E-state index contributed by atoms with van der Waals surface area (Å²) in [6, 6.07) is 7.32. The lowest BCUT2D eigenvalue weighted by molar-refractivity contribution is -0.124. The van der Waals surface area contributed by atoms with Gasteiger partial charge in [0.25, 0.3) is 11.5 Å². The summed E-state index contributed by atoms with van der Waals surface area (Å²) < 4.78 is 6.96. The highest BCUT2D eigenvalue weighted by Crippen LogP contribution is 2.19. The van der Waals surface area contributed by atoms with Gasteiger partial charge in [-0.3, -0.25) is 19.1 Å². The second-order valence-corrected chi connectivity index (χ2v) is 6.47. The number of nitrogen functional groups attached to an aromatic ring is 1. The quantitative estimate of drug-likeness (QED) is 0.766. The first-order valence-electron chi connectivity index (χ1n) is 8.89. The Balaban J connectivity index is 2.30. The van der Waals surface area contributed by atoms with E-state index in [9.17, 15) is 14.4 Å². The van der Waals surface area contributed by atoms with Gasteiger partial charge >= 0.3 is 5.69 Å². The molecule has 1 amide bonds. The van der Waals surface area contributed by atoms with Gasteiger partial charge in [-0.15, -0.1) is 0 Å². The molecule has 0 aliphatic heterocycles. The van der Waals surface area contributed by atoms with E-state index in [0.29, 0.717) is 12.3 Å². The topological polar surface area (TPSA) is 110 Å². The Morgan fingerprint density at radius 3 is 2.70 bits per heavy atom. The molecule has 0 unspecified atom stereocenters. The van der Waals surface area contributed by atoms with Crippen LogP contribution in [0.25, 0.3) is 0 Å². The minimum Gasteiger partial charge on any atom is -0.481 e. The number of aryl methyl sites for hydroxylation is 1. The molecule has 1 aromatic heterocycles. The van der Waals surface area contributed by atoms with Crippen LogP contribution < -0.4 is 26.6 Å². The van der Waals surface area contributed by atoms with Crippen molar-refractivity contribution in [2.24, 2.45) is 0 Å². The number of aromatic amines is 1. The number of carbonyl (C=O) groups is 1. The third-order valence-corrected chi connectivity index (χ3v) is 4.27. The predicted molar refractivity (Wildman–Crippen MR) is 105 cm³/mol. The second-order valence-electron chi connectivity index (χ2n) is 6.47. The fraction of sp³-hybridized carbons (Fsp3) is 0.421. The van der Waals surface area contributed by atoms with E-state index in [1.807, 2.05) is 32.0 Å². The third-order valence-electron chi connectivity index (χ3n) is 4.27. The number of amides is 1. The van der Waals surface area contributed by atoms with E-state index in [1.54, 1.807) is 13.0 Å². The molecular weight excluding hydrogens is 348 g/mol. The molecule has 146 valence electrons. The van der Waals surface area contributed by atoms with Gasteiger partial charge in [0.15, 0.2) is 11.8 Å². The highest BCUT2D eigenvalue weighted by molar-refractivity contribution is 5.97. The zero-order valence-corrected chi connectivity index (χ0v) is 16.1. The summed E-state index contributed by atoms with van der Waals surface area (Å²) in [4.78, 5) is 40.4. The number of benzene rings is 1. The molecule has 8 nitrogen and oxygen atoms in total. The molecule has 1 aromatic carbocycles. The summed E-state index contributed by atoms with van der Waals surface area (Å²) in [6.45, 7) is 5.86. The second kappa shape index (κ2) is 8.57. The molecule has 1 heterocycles. The monoisotopic (exact) mass is 374 g/mol. The zero-order valence-electron chi connectivity index (χ0n) is 16.1. The number of unbranched alkanes of at least 4 members (excludes halogenated alkanes) is 1. The van der Waals surface area contributed by atoms with Crippen LogP contribution in [-0.4, -0.2) is 28.6 Å². The maximum absolute atomic E-state index is 12.8. The van der Waals surface area contributed by atoms with Crippen LogP contribution in [0.3, 0.4) is 0 Å². The van der Waals surface area contributed by atoms with Crippen LogP contribution in [-0.2, 0) is 11.3 Å². The van der Waals surface area contributed by atoms with Crippen LogP contribution in [0.1, 0.15) is 32.3 Å². The molecule has 3 N–H and O–H groups in total. The van der Waals surface area contributed by atoms with Gasteiger partial charge in [0.2, 0.25) is 0 Å². The van der Waals surface area contributed by atoms with Crippen molar-refractivity contribution in [2.45, 2.75) is 46.3 Å². The van der Waals surface area contributed by atoms with Gasteiger partial charge in [-0.2, -0.15) is 0 Å². The predicted octanol–water partition coefficient (Wildman–Crippen LogP) is 1.66. The van der Waals surface area contributed by atoms with Crippen molar-refractivity contribution in [1.82, 2.24) is 9.55 Å². The Morgan fingerprint density at radius 2 is 2.07 bits per heavy atom. The Hall–Kier alpha value is -3.03. The molecule has 0 spiro atoms. The van der Waals surface area contributed by atoms with Crippen molar-refractivity contribution in [1.29, 1.82) is 0 Å². The van der Waals surface area contributed by atoms with Crippen LogP contribution >= 0.6 is 0 Å². The van der Waals surface area contributed by atoms with Crippen molar-refractivity contribution in [3.63, 3.8) is 0 Å². The molecule has 0 radical (unpaired) electrons. The lowest BCUT2D eigenvalue weighted by Crippen LogP contribution is -2.43. The Labute approximate surface area is 157 Å². The van der Waals surface area contributed by atoms with Crippen molar-refractivity contribution in [2.75, 3.05) is 17.7 Å². The third kappa shape index (κ3) is 4.58. The number of nitrogens with two attached hydrogens (primary N) is 1. The minimum absolute atomic E-state index is 0.0317. The van der Waals surface area contributed by atoms with Gasteiger partial charge in [0.1, 0.15) is 11.6 Å². The maximum Gasteiger partial charge on any atom is 0.330 e. The number of nitrogens with zero attached hydrogens (tertiary/aromatic N) is 2. The standard InChI is InChI=1S/C19H26N4O4/c1-5-6-10-23-16(20)15(17(24)21-19(23)26)22(4)18(25)13(3)27-14-9-7-8-12(2)11-14/h7-9,11,13H,5-6,10,20H2,1-4H3,(H,21,24,26)/t13-/m1/s1. The van der Waals surface area contributed by atoms with Gasteiger partial charge in [-0.05, 0) is 38.0 Å². The molecule has 0 aliphatic rings. The molecule has 0 saturated carbocycles. The van der Waals surface area contributed by atoms with E-state index in [1.165, 1.54) is 11.6 Å². The average molecular weight is 374 g/mol. The van der Waals surface area contributed by atoms with Gasteiger partial charge < -0.3 is 15.4 Å². The molecule has 0 bridgehead atoms. The molecule has 2 aromatic rings. The smallest absolute Gasteiger partial charge is 0.330 e. The largest absolute Gasteiger partial charge is 0.481 e. The highest BCUT2D eigenvalue weighted by atomic mass is 16.5. The lowest BCUT2D eigenvalue weighted by Gasteiger charge is -2.23. The van der Waals surface area contributed by atoms with Crippen molar-refractivity contribution >= 4 is 17.4 Å². The summed E-state index contributed by atoms with van der Waals surface area (Å²) in [7, 11) is 1.44. The first-order valence-corrected chi connectivity index (χ1v) is 8.89. The van der Waals surface area contributed by atoms with Crippen LogP contribution in [0.2, 0.25) is 0 Å². The molecular formula is C19H26N4O4. The van der Waals surface area contributed by atoms with Crippen molar-refractivity contribution in [3.05, 3.63) is 50.7 Å². The number of H-pyrrole nitrogens is 1. The normalized spacial score (nSPS) is 11.9. The van der Waals surface area contributed by atoms with Crippen molar-refractivity contribution < 1.29 is 9.53 Å². The van der Waals surface area contributed by atoms with E-state index in [2.05, 4.69) is 4.98 Å². The van der Waals surface area contributed by atoms with Crippen LogP contribution in [0.15, 0.2) is 33.9 Å². The summed E-state index contributed by atoms with van der Waals surface area (Å²) in [5.74, 6) is 0.0734. The number of likely N-dealkylation sites (N-methyl/N-ethyl adjacent to an activating group) is 1. The number of rotatable bonds is 7. The first kappa shape index (κ1) is 20.3. The summed E-state index contributed by atoms with van der Waals surface area (Å²) in [5.41, 5.74) is 5.70. The number of anilines is 2. The number of ether oxygens (including phenoxy) is 1. The maximum atomic E-state index is 12.8. The number of nitrogens with one attached hydrogen (secondary N) is 1. The van der Waals surface area contributed by atoms with E-state index in [0.717, 1.165) is 23.3 Å². The fourth-order valence-corrected chi connectivity index (χ4v) is 2.77. The molecule has 0 saturated heterocycles. The summed E-state index contributed by atoms with van der Waals surface area (Å²) in [5, 5.41) is 0. The van der Waals surface area contributed by atoms with E-state index in [4.69, 9.17) is 10.5 Å². The first-order chi connectivity index (χ1) is 12.8. The highest BCUT2D eigenvalue weighted by Gasteiger charge is 2.25. The van der Waals surface area contributed by atoms with Crippen LogP contribution in [0, 0.1) is 6.92 Å². The SMILES string of the molecule is CCCCn1c(N)c(N(C)C(=O)[C@@H](C)Oc2cccc(C)c2)c(=O)[nH]c1=O. The van der Waals surface area contributed by atoms with E-state index in [-0.39, 0.29) is 11.5 Å². The Kier molecular flexibility index (Phi) is 6.44. The molecule has 1 atom stereocenters. The van der Waals surface area contributed by atoms with Crippen molar-refractivity contribution in [3.8, 4) is 5.75 Å². The molecule has 27 heavy (non-hydrogen) atoms. The average Bonchev–Trinajstić information content (AvgIpc) is 2.60. The van der Waals surface area contributed by atoms with Gasteiger partial charge in [0, 0.05) is 13.6 Å². The number of carbonyl (C=O) groups excluding carboxylic acids is 1. The lowest BCUT2D eigenvalue weighted by atomic mass is 10.2. The van der Waals surface area contributed by atoms with Crippen LogP contribution in [0.4, 0.5) is 11.5 Å². The van der Waals surface area contributed by atoms with Gasteiger partial charge in [0.05, 0.1) is 0 Å². The number of hydrogen-bond donors (Lipinski definition) is 2. The minimum atomic E-state index is -0.841. The van der Waals surface area contributed by atoms with E-state index >= 15 is 0 Å². The number of hydrogen-bond acceptors (Lipinski definition) is 5. The summed E-state index contributed by atoms with van der Waals surface area (Å²) >= 11 is 0. The number of aromatic nitrogens is 2. The Bertz CT molecular complexity index is 932. The van der Waals surface area contributed by atoms with E-state index < -0.39 is 23.3 Å². The molecule has 8 heteroatoms. The fourth-order valence-electron chi connectivity index (χ4n) is 2.77.